The molecule has 0 amide bonds. The molecule has 0 aliphatic heterocycles. The maximum Gasteiger partial charge on any atom is 0.123 e. The summed E-state index contributed by atoms with van der Waals surface area (Å²) >= 11 is 1.80. The van der Waals surface area contributed by atoms with Gasteiger partial charge in [-0.3, -0.25) is 0 Å². The normalized spacial score (nSPS) is 13.6. The lowest BCUT2D eigenvalue weighted by Crippen LogP contribution is -2.19. The van der Waals surface area contributed by atoms with E-state index in [-0.39, 0.29) is 16.7 Å². The monoisotopic (exact) mass is 431 g/mol. The molecule has 4 aromatic rings. The van der Waals surface area contributed by atoms with Crippen LogP contribution in [0.2, 0.25) is 0 Å². The number of hydrogen-bond acceptors (Lipinski definition) is 2. The zero-order chi connectivity index (χ0) is 22.6. The molecular weight excluding hydrogens is 398 g/mol. The predicted molar refractivity (Wildman–Crippen MR) is 134 cm³/mol. The van der Waals surface area contributed by atoms with Crippen molar-refractivity contribution in [2.24, 2.45) is 0 Å². The molecule has 2 aromatic carbocycles. The van der Waals surface area contributed by atoms with Crippen LogP contribution in [0, 0.1) is 6.92 Å². The van der Waals surface area contributed by atoms with Gasteiger partial charge < -0.3 is 10.1 Å². The molecule has 4 rings (SSSR count). The summed E-state index contributed by atoms with van der Waals surface area (Å²) in [5.74, 6) is 0.545. The fourth-order valence-electron chi connectivity index (χ4n) is 4.57. The summed E-state index contributed by atoms with van der Waals surface area (Å²) in [6.07, 6.45) is 0. The molecule has 2 heterocycles. The van der Waals surface area contributed by atoms with Gasteiger partial charge in [-0.05, 0) is 57.5 Å². The van der Waals surface area contributed by atoms with Gasteiger partial charge in [-0.25, -0.2) is 0 Å². The molecule has 0 saturated heterocycles. The van der Waals surface area contributed by atoms with E-state index < -0.39 is 0 Å². The molecule has 1 atom stereocenters. The number of aryl methyl sites for hydroxylation is 1. The number of H-pyrrole nitrogens is 1. The number of hydrogen-bond donors (Lipinski definition) is 2. The van der Waals surface area contributed by atoms with Gasteiger partial charge in [0.05, 0.1) is 0 Å². The molecule has 0 fully saturated rings. The average Bonchev–Trinajstić information content (AvgIpc) is 3.30. The smallest absolute Gasteiger partial charge is 0.123 e. The Morgan fingerprint density at radius 3 is 2.03 bits per heavy atom. The first-order chi connectivity index (χ1) is 14.5. The van der Waals surface area contributed by atoms with Crippen LogP contribution < -0.4 is 0 Å². The highest BCUT2D eigenvalue weighted by atomic mass is 32.1. The zero-order valence-electron chi connectivity index (χ0n) is 19.6. The lowest BCUT2D eigenvalue weighted by Gasteiger charge is -2.30. The molecular formula is C28H33NOS. The SMILES string of the molecule is Cc1[nH]c2ccccc2c1C(c1cc(C(C)(C)C)c(O)c(C(C)(C)C)c1)c1cccs1. The van der Waals surface area contributed by atoms with Crippen molar-refractivity contribution in [1.29, 1.82) is 0 Å². The fraction of sp³-hybridized carbons (Fsp3) is 0.357. The maximum absolute atomic E-state index is 11.3. The topological polar surface area (TPSA) is 36.0 Å². The number of aromatic amines is 1. The van der Waals surface area contributed by atoms with Gasteiger partial charge in [0.1, 0.15) is 5.75 Å². The van der Waals surface area contributed by atoms with Crippen LogP contribution in [0.15, 0.2) is 53.9 Å². The Kier molecular flexibility index (Phi) is 5.29. The summed E-state index contributed by atoms with van der Waals surface area (Å²) in [6.45, 7) is 15.2. The highest BCUT2D eigenvalue weighted by molar-refractivity contribution is 7.10. The number of aromatic hydroxyl groups is 1. The highest BCUT2D eigenvalue weighted by Crippen LogP contribution is 2.46. The van der Waals surface area contributed by atoms with Gasteiger partial charge in [-0.1, -0.05) is 77.9 Å². The van der Waals surface area contributed by atoms with Gasteiger partial charge >= 0.3 is 0 Å². The van der Waals surface area contributed by atoms with Crippen molar-refractivity contribution >= 4 is 22.2 Å². The number of thiophene rings is 1. The third-order valence-electron chi connectivity index (χ3n) is 6.14. The van der Waals surface area contributed by atoms with Gasteiger partial charge in [0.15, 0.2) is 0 Å². The summed E-state index contributed by atoms with van der Waals surface area (Å²) in [6, 6.07) is 17.4. The Morgan fingerprint density at radius 2 is 1.48 bits per heavy atom. The van der Waals surface area contributed by atoms with E-state index in [0.717, 1.165) is 11.1 Å². The highest BCUT2D eigenvalue weighted by Gasteiger charge is 2.30. The summed E-state index contributed by atoms with van der Waals surface area (Å²) in [7, 11) is 0. The zero-order valence-corrected chi connectivity index (χ0v) is 20.4. The van der Waals surface area contributed by atoms with Gasteiger partial charge in [0.2, 0.25) is 0 Å². The second-order valence-corrected chi connectivity index (χ2v) is 11.6. The van der Waals surface area contributed by atoms with Gasteiger partial charge in [0.25, 0.3) is 0 Å². The average molecular weight is 432 g/mol. The Balaban J connectivity index is 2.07. The predicted octanol–water partition coefficient (Wildman–Crippen LogP) is 8.02. The molecule has 31 heavy (non-hydrogen) atoms. The molecule has 0 radical (unpaired) electrons. The first-order valence-electron chi connectivity index (χ1n) is 11.0. The second kappa shape index (κ2) is 7.56. The number of benzene rings is 2. The van der Waals surface area contributed by atoms with Crippen LogP contribution in [-0.2, 0) is 10.8 Å². The summed E-state index contributed by atoms with van der Waals surface area (Å²) in [4.78, 5) is 4.91. The minimum atomic E-state index is -0.157. The third-order valence-corrected chi connectivity index (χ3v) is 7.08. The Bertz CT molecular complexity index is 1180. The van der Waals surface area contributed by atoms with E-state index in [9.17, 15) is 5.11 Å². The van der Waals surface area contributed by atoms with Gasteiger partial charge in [0, 0.05) is 27.4 Å². The van der Waals surface area contributed by atoms with Crippen molar-refractivity contribution in [3.05, 3.63) is 86.7 Å². The molecule has 0 saturated carbocycles. The molecule has 0 spiro atoms. The summed E-state index contributed by atoms with van der Waals surface area (Å²) in [5.41, 5.74) is 6.63. The minimum absolute atomic E-state index is 0.110. The molecule has 0 aliphatic rings. The molecule has 2 aromatic heterocycles. The molecule has 1 unspecified atom stereocenters. The fourth-order valence-corrected chi connectivity index (χ4v) is 5.43. The van der Waals surface area contributed by atoms with Crippen LogP contribution >= 0.6 is 11.3 Å². The van der Waals surface area contributed by atoms with Crippen LogP contribution in [0.3, 0.4) is 0 Å². The van der Waals surface area contributed by atoms with Crippen LogP contribution in [0.25, 0.3) is 10.9 Å². The number of fused-ring (bicyclic) bond motifs is 1. The van der Waals surface area contributed by atoms with E-state index in [1.165, 1.54) is 32.6 Å². The number of aromatic nitrogens is 1. The van der Waals surface area contributed by atoms with E-state index in [0.29, 0.717) is 5.75 Å². The number of nitrogens with one attached hydrogen (secondary N) is 1. The molecule has 0 bridgehead atoms. The van der Waals surface area contributed by atoms with E-state index >= 15 is 0 Å². The Labute approximate surface area is 190 Å². The molecule has 2 nitrogen and oxygen atoms in total. The Hall–Kier alpha value is -2.52. The standard InChI is InChI=1S/C28H33NOS/c1-17-24(19-11-8-9-12-22(19)29-17)25(23-13-10-14-31-23)18-15-20(27(2,3)4)26(30)21(16-18)28(5,6)7/h8-16,25,29-30H,1-7H3. The van der Waals surface area contributed by atoms with Crippen LogP contribution in [0.1, 0.15) is 80.3 Å². The third kappa shape index (κ3) is 3.92. The van der Waals surface area contributed by atoms with Gasteiger partial charge in [-0.2, -0.15) is 0 Å². The quantitative estimate of drug-likeness (QED) is 0.338. The van der Waals surface area contributed by atoms with E-state index in [1.807, 2.05) is 0 Å². The first-order valence-corrected chi connectivity index (χ1v) is 11.8. The molecule has 162 valence electrons. The second-order valence-electron chi connectivity index (χ2n) is 10.6. The van der Waals surface area contributed by atoms with E-state index in [2.05, 4.69) is 107 Å². The number of phenols is 1. The molecule has 2 N–H and O–H groups in total. The van der Waals surface area contributed by atoms with E-state index in [1.54, 1.807) is 11.3 Å². The maximum atomic E-state index is 11.3. The van der Waals surface area contributed by atoms with Crippen molar-refractivity contribution in [2.45, 2.75) is 65.2 Å². The molecule has 0 aliphatic carbocycles. The summed E-state index contributed by atoms with van der Waals surface area (Å²) < 4.78 is 0. The van der Waals surface area contributed by atoms with Crippen molar-refractivity contribution in [2.75, 3.05) is 0 Å². The lowest BCUT2D eigenvalue weighted by molar-refractivity contribution is 0.422. The van der Waals surface area contributed by atoms with Crippen molar-refractivity contribution in [1.82, 2.24) is 4.98 Å². The van der Waals surface area contributed by atoms with E-state index in [4.69, 9.17) is 0 Å². The lowest BCUT2D eigenvalue weighted by atomic mass is 9.76. The first kappa shape index (κ1) is 21.7. The number of rotatable bonds is 3. The van der Waals surface area contributed by atoms with Crippen LogP contribution in [0.4, 0.5) is 0 Å². The van der Waals surface area contributed by atoms with Crippen LogP contribution in [-0.4, -0.2) is 10.1 Å². The van der Waals surface area contributed by atoms with Crippen molar-refractivity contribution in [3.8, 4) is 5.75 Å². The van der Waals surface area contributed by atoms with Crippen molar-refractivity contribution in [3.63, 3.8) is 0 Å². The Morgan fingerprint density at radius 1 is 0.871 bits per heavy atom. The number of para-hydroxylation sites is 1. The largest absolute Gasteiger partial charge is 0.507 e. The summed E-state index contributed by atoms with van der Waals surface area (Å²) in [5, 5.41) is 14.7. The van der Waals surface area contributed by atoms with Crippen molar-refractivity contribution < 1.29 is 5.11 Å². The minimum Gasteiger partial charge on any atom is -0.507 e. The number of phenolic OH excluding ortho intramolecular Hbond substituents is 1. The van der Waals surface area contributed by atoms with Gasteiger partial charge in [-0.15, -0.1) is 11.3 Å². The van der Waals surface area contributed by atoms with Crippen LogP contribution in [0.5, 0.6) is 5.75 Å². The molecule has 3 heteroatoms.